The molecule has 1 N–H and O–H groups in total. The van der Waals surface area contributed by atoms with E-state index in [1.807, 2.05) is 19.2 Å². The molecule has 0 aromatic carbocycles. The van der Waals surface area contributed by atoms with Gasteiger partial charge in [-0.2, -0.15) is 0 Å². The first-order valence-electron chi connectivity index (χ1n) is 6.52. The molecule has 1 aliphatic heterocycles. The van der Waals surface area contributed by atoms with Crippen LogP contribution in [0.25, 0.3) is 0 Å². The molecule has 1 aromatic heterocycles. The predicted octanol–water partition coefficient (Wildman–Crippen LogP) is 1.36. The normalized spacial score (nSPS) is 21.6. The van der Waals surface area contributed by atoms with Crippen molar-refractivity contribution in [3.05, 3.63) is 23.8 Å². The maximum atomic E-state index is 4.41. The van der Waals surface area contributed by atoms with Crippen LogP contribution in [0.15, 0.2) is 12.3 Å². The molecule has 0 saturated carbocycles. The second kappa shape index (κ2) is 6.07. The zero-order chi connectivity index (χ0) is 12.1. The summed E-state index contributed by atoms with van der Waals surface area (Å²) in [5.74, 6) is 0.850. The average molecular weight is 234 g/mol. The van der Waals surface area contributed by atoms with Gasteiger partial charge in [0.25, 0.3) is 0 Å². The Bertz CT molecular complexity index is 353. The number of piperidine rings is 1. The monoisotopic (exact) mass is 234 g/mol. The Morgan fingerprint density at radius 1 is 1.53 bits per heavy atom. The van der Waals surface area contributed by atoms with Gasteiger partial charge < -0.3 is 10.2 Å². The Balaban J connectivity index is 1.81. The minimum atomic E-state index is 0.610. The Morgan fingerprint density at radius 3 is 3.18 bits per heavy atom. The highest BCUT2D eigenvalue weighted by Gasteiger charge is 2.17. The van der Waals surface area contributed by atoms with E-state index >= 15 is 0 Å². The van der Waals surface area contributed by atoms with Crippen LogP contribution in [-0.4, -0.2) is 40.5 Å². The molecule has 1 unspecified atom stereocenters. The number of aryl methyl sites for hydroxylation is 1. The third-order valence-corrected chi connectivity index (χ3v) is 3.36. The number of nitrogens with one attached hydrogen (secondary N) is 1. The fourth-order valence-corrected chi connectivity index (χ4v) is 2.36. The van der Waals surface area contributed by atoms with Crippen molar-refractivity contribution in [1.29, 1.82) is 0 Å². The van der Waals surface area contributed by atoms with E-state index in [0.29, 0.717) is 6.04 Å². The lowest BCUT2D eigenvalue weighted by molar-refractivity contribution is 0.198. The number of hydrogen-bond acceptors (Lipinski definition) is 4. The molecule has 2 heterocycles. The smallest absolute Gasteiger partial charge is 0.125 e. The van der Waals surface area contributed by atoms with Gasteiger partial charge in [0.05, 0.1) is 5.69 Å². The molecule has 0 aliphatic carbocycles. The van der Waals surface area contributed by atoms with E-state index in [1.54, 1.807) is 0 Å². The van der Waals surface area contributed by atoms with Crippen molar-refractivity contribution in [2.45, 2.75) is 39.3 Å². The summed E-state index contributed by atoms with van der Waals surface area (Å²) < 4.78 is 0. The molecule has 1 aliphatic rings. The van der Waals surface area contributed by atoms with Crippen molar-refractivity contribution in [2.75, 3.05) is 19.6 Å². The van der Waals surface area contributed by atoms with Gasteiger partial charge in [0, 0.05) is 25.3 Å². The molecule has 4 heteroatoms. The minimum absolute atomic E-state index is 0.610. The van der Waals surface area contributed by atoms with E-state index in [1.165, 1.54) is 25.9 Å². The minimum Gasteiger partial charge on any atom is -0.307 e. The lowest BCUT2D eigenvalue weighted by Gasteiger charge is -2.32. The van der Waals surface area contributed by atoms with Crippen molar-refractivity contribution in [1.82, 2.24) is 20.2 Å². The molecule has 0 radical (unpaired) electrons. The zero-order valence-corrected chi connectivity index (χ0v) is 10.8. The first-order valence-corrected chi connectivity index (χ1v) is 6.52. The molecular formula is C13H22N4. The Kier molecular flexibility index (Phi) is 4.45. The second-order valence-corrected chi connectivity index (χ2v) is 4.71. The molecule has 0 spiro atoms. The van der Waals surface area contributed by atoms with Crippen LogP contribution < -0.4 is 5.32 Å². The fourth-order valence-electron chi connectivity index (χ4n) is 2.36. The Hall–Kier alpha value is -1.00. The SMILES string of the molecule is CCN1CCCC(NCc2ccnc(C)n2)C1. The number of likely N-dealkylation sites (N-methyl/N-ethyl adjacent to an activating group) is 1. The van der Waals surface area contributed by atoms with Gasteiger partial charge in [-0.1, -0.05) is 6.92 Å². The molecule has 0 amide bonds. The summed E-state index contributed by atoms with van der Waals surface area (Å²) >= 11 is 0. The molecule has 1 aromatic rings. The van der Waals surface area contributed by atoms with Crippen LogP contribution in [0.3, 0.4) is 0 Å². The van der Waals surface area contributed by atoms with Gasteiger partial charge in [-0.25, -0.2) is 9.97 Å². The van der Waals surface area contributed by atoms with Crippen molar-refractivity contribution >= 4 is 0 Å². The lowest BCUT2D eigenvalue weighted by atomic mass is 10.1. The standard InChI is InChI=1S/C13H22N4/c1-3-17-8-4-5-13(10-17)15-9-12-6-7-14-11(2)16-12/h6-7,13,15H,3-5,8-10H2,1-2H3. The highest BCUT2D eigenvalue weighted by molar-refractivity contribution is 5.01. The molecule has 1 atom stereocenters. The van der Waals surface area contributed by atoms with Gasteiger partial charge in [-0.3, -0.25) is 0 Å². The summed E-state index contributed by atoms with van der Waals surface area (Å²) in [5.41, 5.74) is 1.09. The molecule has 17 heavy (non-hydrogen) atoms. The highest BCUT2D eigenvalue weighted by atomic mass is 15.2. The van der Waals surface area contributed by atoms with Gasteiger partial charge in [-0.05, 0) is 38.9 Å². The van der Waals surface area contributed by atoms with Crippen molar-refractivity contribution in [2.24, 2.45) is 0 Å². The predicted molar refractivity (Wildman–Crippen MR) is 68.7 cm³/mol. The lowest BCUT2D eigenvalue weighted by Crippen LogP contribution is -2.45. The van der Waals surface area contributed by atoms with Gasteiger partial charge in [0.2, 0.25) is 0 Å². The van der Waals surface area contributed by atoms with Crippen LogP contribution >= 0.6 is 0 Å². The summed E-state index contributed by atoms with van der Waals surface area (Å²) in [5, 5.41) is 3.60. The summed E-state index contributed by atoms with van der Waals surface area (Å²) in [7, 11) is 0. The van der Waals surface area contributed by atoms with E-state index in [2.05, 4.69) is 27.1 Å². The summed E-state index contributed by atoms with van der Waals surface area (Å²) in [6.07, 6.45) is 4.41. The third kappa shape index (κ3) is 3.75. The largest absolute Gasteiger partial charge is 0.307 e. The molecule has 0 bridgehead atoms. The summed E-state index contributed by atoms with van der Waals surface area (Å²) in [4.78, 5) is 11.0. The molecule has 2 rings (SSSR count). The van der Waals surface area contributed by atoms with Crippen LogP contribution in [0, 0.1) is 6.92 Å². The molecular weight excluding hydrogens is 212 g/mol. The van der Waals surface area contributed by atoms with E-state index in [-0.39, 0.29) is 0 Å². The van der Waals surface area contributed by atoms with E-state index < -0.39 is 0 Å². The highest BCUT2D eigenvalue weighted by Crippen LogP contribution is 2.10. The summed E-state index contributed by atoms with van der Waals surface area (Å²) in [6, 6.07) is 2.60. The van der Waals surface area contributed by atoms with Crippen LogP contribution in [0.5, 0.6) is 0 Å². The van der Waals surface area contributed by atoms with Crippen molar-refractivity contribution < 1.29 is 0 Å². The third-order valence-electron chi connectivity index (χ3n) is 3.36. The number of rotatable bonds is 4. The maximum absolute atomic E-state index is 4.41. The molecule has 94 valence electrons. The fraction of sp³-hybridized carbons (Fsp3) is 0.692. The second-order valence-electron chi connectivity index (χ2n) is 4.71. The van der Waals surface area contributed by atoms with Gasteiger partial charge >= 0.3 is 0 Å². The van der Waals surface area contributed by atoms with Crippen LogP contribution in [0.2, 0.25) is 0 Å². The Morgan fingerprint density at radius 2 is 2.41 bits per heavy atom. The molecule has 4 nitrogen and oxygen atoms in total. The summed E-state index contributed by atoms with van der Waals surface area (Å²) in [6.45, 7) is 8.59. The van der Waals surface area contributed by atoms with E-state index in [0.717, 1.165) is 24.6 Å². The van der Waals surface area contributed by atoms with Crippen LogP contribution in [0.4, 0.5) is 0 Å². The average Bonchev–Trinajstić information content (AvgIpc) is 2.37. The Labute approximate surface area is 103 Å². The molecule has 1 fully saturated rings. The van der Waals surface area contributed by atoms with Gasteiger partial charge in [0.1, 0.15) is 5.82 Å². The quantitative estimate of drug-likeness (QED) is 0.854. The van der Waals surface area contributed by atoms with Gasteiger partial charge in [0.15, 0.2) is 0 Å². The molecule has 1 saturated heterocycles. The van der Waals surface area contributed by atoms with Crippen LogP contribution in [-0.2, 0) is 6.54 Å². The first-order chi connectivity index (χ1) is 8.28. The maximum Gasteiger partial charge on any atom is 0.125 e. The topological polar surface area (TPSA) is 41.0 Å². The van der Waals surface area contributed by atoms with Crippen molar-refractivity contribution in [3.63, 3.8) is 0 Å². The number of aromatic nitrogens is 2. The van der Waals surface area contributed by atoms with Gasteiger partial charge in [-0.15, -0.1) is 0 Å². The van der Waals surface area contributed by atoms with Crippen molar-refractivity contribution in [3.8, 4) is 0 Å². The number of nitrogens with zero attached hydrogens (tertiary/aromatic N) is 3. The zero-order valence-electron chi connectivity index (χ0n) is 10.8. The first kappa shape index (κ1) is 12.5. The number of hydrogen-bond donors (Lipinski definition) is 1. The number of likely N-dealkylation sites (tertiary alicyclic amines) is 1. The van der Waals surface area contributed by atoms with E-state index in [4.69, 9.17) is 0 Å². The van der Waals surface area contributed by atoms with Crippen LogP contribution in [0.1, 0.15) is 31.3 Å². The van der Waals surface area contributed by atoms with E-state index in [9.17, 15) is 0 Å².